The molecular weight excluding hydrogens is 544 g/mol. The molecule has 8 aromatic carbocycles. The minimum atomic E-state index is -0.794. The molecule has 0 atom stereocenters. The molecule has 0 saturated carbocycles. The van der Waals surface area contributed by atoms with Gasteiger partial charge < -0.3 is 4.42 Å². The summed E-state index contributed by atoms with van der Waals surface area (Å²) in [6.07, 6.45) is 0. The Balaban J connectivity index is 1.64. The number of para-hydroxylation sites is 1. The summed E-state index contributed by atoms with van der Waals surface area (Å²) >= 11 is 0. The van der Waals surface area contributed by atoms with E-state index in [4.69, 9.17) is 23.6 Å². The highest BCUT2D eigenvalue weighted by Gasteiger charge is 2.26. The van der Waals surface area contributed by atoms with E-state index >= 15 is 0 Å². The van der Waals surface area contributed by atoms with Gasteiger partial charge in [0.15, 0.2) is 0 Å². The Morgan fingerprint density at radius 1 is 0.378 bits per heavy atom. The molecule has 0 aliphatic rings. The van der Waals surface area contributed by atoms with Crippen molar-refractivity contribution < 1.29 is 29.1 Å². The van der Waals surface area contributed by atoms with Crippen molar-refractivity contribution >= 4 is 43.3 Å². The minimum absolute atomic E-state index is 0.0135. The van der Waals surface area contributed by atoms with E-state index in [1.807, 2.05) is 18.2 Å². The van der Waals surface area contributed by atoms with Crippen LogP contribution in [0.2, 0.25) is 0 Å². The zero-order valence-corrected chi connectivity index (χ0v) is 23.2. The van der Waals surface area contributed by atoms with Crippen LogP contribution in [0.1, 0.15) is 24.7 Å². The number of hydrogen-bond donors (Lipinski definition) is 0. The Morgan fingerprint density at radius 2 is 0.889 bits per heavy atom. The standard InChI is InChI=1S/C44H28O/c1-3-15-30(16-4-1)33-26-14-28-39-42(44(45-43(33)39)38-27-13-20-29-17-7-8-21-32(29)38)41-36-24-11-9-22-34(36)40(31-18-5-2-6-19-31)35-23-10-12-25-37(35)41/h1-28H/i1D,2D,3D,4D,5D,6D,9D,10D,11D,12D,15D,16D,18D,19D,22D,23D,24D,25D. The third-order valence-corrected chi connectivity index (χ3v) is 7.89. The molecule has 1 heterocycles. The second-order valence-electron chi connectivity index (χ2n) is 10.3. The van der Waals surface area contributed by atoms with Gasteiger partial charge in [0.2, 0.25) is 0 Å². The monoisotopic (exact) mass is 590 g/mol. The second-order valence-corrected chi connectivity index (χ2v) is 10.3. The molecular formula is C44H28O. The number of fused-ring (bicyclic) bond motifs is 4. The first-order chi connectivity index (χ1) is 29.8. The molecule has 45 heavy (non-hydrogen) atoms. The average Bonchev–Trinajstić information content (AvgIpc) is 3.67. The summed E-state index contributed by atoms with van der Waals surface area (Å²) in [6.45, 7) is 0. The van der Waals surface area contributed by atoms with Gasteiger partial charge in [0.05, 0.1) is 24.7 Å². The quantitative estimate of drug-likeness (QED) is 0.186. The first kappa shape index (κ1) is 13.4. The summed E-state index contributed by atoms with van der Waals surface area (Å²) < 4.78 is 167. The molecule has 1 aromatic heterocycles. The summed E-state index contributed by atoms with van der Waals surface area (Å²) in [4.78, 5) is 0. The highest BCUT2D eigenvalue weighted by atomic mass is 16.3. The molecule has 0 aliphatic heterocycles. The van der Waals surface area contributed by atoms with Gasteiger partial charge in [-0.3, -0.25) is 0 Å². The van der Waals surface area contributed by atoms with Gasteiger partial charge in [-0.25, -0.2) is 0 Å². The predicted octanol–water partition coefficient (Wildman–Crippen LogP) is 12.6. The van der Waals surface area contributed by atoms with Gasteiger partial charge in [-0.2, -0.15) is 0 Å². The van der Waals surface area contributed by atoms with Crippen molar-refractivity contribution in [3.63, 3.8) is 0 Å². The summed E-state index contributed by atoms with van der Waals surface area (Å²) in [6, 6.07) is 4.34. The SMILES string of the molecule is [2H]c1c([2H])c([2H])c(-c2cccc3c(-c4c5c([2H])c([2H])c([2H])c([2H])c5c(-c5c([2H])c([2H])c([2H])c([2H])c5[2H])c5c([2H])c([2H])c([2H])c([2H])c45)c(-c4cccc5ccccc45)oc23)c([2H])c1[2H]. The maximum Gasteiger partial charge on any atom is 0.143 e. The van der Waals surface area contributed by atoms with Crippen molar-refractivity contribution in [1.82, 2.24) is 0 Å². The van der Waals surface area contributed by atoms with E-state index in [2.05, 4.69) is 0 Å². The molecule has 0 fully saturated rings. The lowest BCUT2D eigenvalue weighted by atomic mass is 9.84. The minimum Gasteiger partial charge on any atom is -0.455 e. The maximum atomic E-state index is 9.54. The number of benzene rings is 8. The Labute approximate surface area is 286 Å². The van der Waals surface area contributed by atoms with Crippen molar-refractivity contribution in [2.45, 2.75) is 0 Å². The van der Waals surface area contributed by atoms with Crippen LogP contribution in [0.4, 0.5) is 0 Å². The maximum absolute atomic E-state index is 9.54. The fraction of sp³-hybridized carbons (Fsp3) is 0. The zero-order chi connectivity index (χ0) is 45.4. The van der Waals surface area contributed by atoms with E-state index in [1.165, 1.54) is 12.1 Å². The van der Waals surface area contributed by atoms with Crippen molar-refractivity contribution in [2.24, 2.45) is 0 Å². The first-order valence-electron chi connectivity index (χ1n) is 23.0. The van der Waals surface area contributed by atoms with Crippen LogP contribution in [-0.2, 0) is 0 Å². The summed E-state index contributed by atoms with van der Waals surface area (Å²) in [5, 5.41) is 0.0231. The molecule has 1 nitrogen and oxygen atoms in total. The van der Waals surface area contributed by atoms with Crippen LogP contribution < -0.4 is 0 Å². The van der Waals surface area contributed by atoms with Gasteiger partial charge in [-0.05, 0) is 49.0 Å². The number of hydrogen-bond acceptors (Lipinski definition) is 1. The third kappa shape index (κ3) is 4.02. The average molecular weight is 591 g/mol. The molecule has 9 rings (SSSR count). The third-order valence-electron chi connectivity index (χ3n) is 7.89. The van der Waals surface area contributed by atoms with Crippen LogP contribution in [0.3, 0.4) is 0 Å². The van der Waals surface area contributed by atoms with Gasteiger partial charge in [0, 0.05) is 27.6 Å². The molecule has 0 spiro atoms. The molecule has 0 bridgehead atoms. The van der Waals surface area contributed by atoms with Crippen molar-refractivity contribution in [1.29, 1.82) is 0 Å². The van der Waals surface area contributed by atoms with Gasteiger partial charge >= 0.3 is 0 Å². The molecule has 1 heteroatoms. The summed E-state index contributed by atoms with van der Waals surface area (Å²) in [7, 11) is 0. The normalized spacial score (nSPS) is 17.2. The van der Waals surface area contributed by atoms with Gasteiger partial charge in [0.25, 0.3) is 0 Å². The van der Waals surface area contributed by atoms with Gasteiger partial charge in [0.1, 0.15) is 11.3 Å². The van der Waals surface area contributed by atoms with Crippen LogP contribution in [-0.4, -0.2) is 0 Å². The lowest BCUT2D eigenvalue weighted by Crippen LogP contribution is -1.91. The molecule has 9 aromatic rings. The number of furan rings is 1. The van der Waals surface area contributed by atoms with E-state index < -0.39 is 131 Å². The molecule has 0 aliphatic carbocycles. The molecule has 0 saturated heterocycles. The molecule has 210 valence electrons. The Bertz CT molecular complexity index is 3410. The largest absolute Gasteiger partial charge is 0.455 e. The second kappa shape index (κ2) is 10.4. The van der Waals surface area contributed by atoms with Crippen LogP contribution in [0.5, 0.6) is 0 Å². The molecule has 0 N–H and O–H groups in total. The highest BCUT2D eigenvalue weighted by molar-refractivity contribution is 6.25. The summed E-state index contributed by atoms with van der Waals surface area (Å²) in [5.41, 5.74) is -0.956. The van der Waals surface area contributed by atoms with Crippen LogP contribution in [0, 0.1) is 0 Å². The van der Waals surface area contributed by atoms with Crippen LogP contribution in [0.15, 0.2) is 174 Å². The first-order valence-corrected chi connectivity index (χ1v) is 14.0. The fourth-order valence-electron chi connectivity index (χ4n) is 6.06. The molecule has 0 unspecified atom stereocenters. The Kier molecular flexibility index (Phi) is 3.08. The highest BCUT2D eigenvalue weighted by Crippen LogP contribution is 2.51. The van der Waals surface area contributed by atoms with E-state index in [0.29, 0.717) is 10.9 Å². The lowest BCUT2D eigenvalue weighted by molar-refractivity contribution is 0.634. The van der Waals surface area contributed by atoms with E-state index in [-0.39, 0.29) is 49.8 Å². The van der Waals surface area contributed by atoms with Crippen molar-refractivity contribution in [2.75, 3.05) is 0 Å². The van der Waals surface area contributed by atoms with E-state index in [0.717, 1.165) is 5.39 Å². The van der Waals surface area contributed by atoms with Crippen molar-refractivity contribution in [3.05, 3.63) is 169 Å². The van der Waals surface area contributed by atoms with Crippen LogP contribution in [0.25, 0.3) is 88.0 Å². The lowest BCUT2D eigenvalue weighted by Gasteiger charge is -2.18. The summed E-state index contributed by atoms with van der Waals surface area (Å²) in [5.74, 6) is 0.0135. The van der Waals surface area contributed by atoms with Gasteiger partial charge in [-0.15, -0.1) is 0 Å². The Hall–Kier alpha value is -5.92. The predicted molar refractivity (Wildman–Crippen MR) is 190 cm³/mol. The topological polar surface area (TPSA) is 13.1 Å². The molecule has 0 radical (unpaired) electrons. The number of rotatable bonds is 4. The molecule has 0 amide bonds. The van der Waals surface area contributed by atoms with E-state index in [9.17, 15) is 5.48 Å². The zero-order valence-electron chi connectivity index (χ0n) is 41.2. The van der Waals surface area contributed by atoms with E-state index in [1.54, 1.807) is 30.3 Å². The Morgan fingerprint density at radius 3 is 1.58 bits per heavy atom. The smallest absolute Gasteiger partial charge is 0.143 e. The fourth-order valence-corrected chi connectivity index (χ4v) is 6.06. The van der Waals surface area contributed by atoms with Crippen molar-refractivity contribution in [3.8, 4) is 44.7 Å². The van der Waals surface area contributed by atoms with Crippen LogP contribution >= 0.6 is 0 Å². The van der Waals surface area contributed by atoms with Gasteiger partial charge in [-0.1, -0.05) is 169 Å².